The van der Waals surface area contributed by atoms with Crippen LogP contribution in [0.2, 0.25) is 5.02 Å². The predicted octanol–water partition coefficient (Wildman–Crippen LogP) is 3.39. The second-order valence-corrected chi connectivity index (χ2v) is 5.29. The Bertz CT molecular complexity index is 372. The first kappa shape index (κ1) is 12.7. The largest absolute Gasteiger partial charge is 0.370 e. The Morgan fingerprint density at radius 1 is 1.35 bits per heavy atom. The molecule has 1 unspecified atom stereocenters. The number of anilines is 1. The Morgan fingerprint density at radius 2 is 2.06 bits per heavy atom. The number of hydrogen-bond donors (Lipinski definition) is 1. The normalized spacial score (nSPS) is 17.5. The van der Waals surface area contributed by atoms with Crippen LogP contribution in [0.15, 0.2) is 18.2 Å². The van der Waals surface area contributed by atoms with E-state index in [1.165, 1.54) is 24.1 Å². The van der Waals surface area contributed by atoms with Crippen LogP contribution in [-0.2, 0) is 0 Å². The minimum absolute atomic E-state index is 0.491. The number of hydrogen-bond acceptors (Lipinski definition) is 2. The van der Waals surface area contributed by atoms with Crippen LogP contribution < -0.4 is 10.6 Å². The zero-order chi connectivity index (χ0) is 12.3. The van der Waals surface area contributed by atoms with Crippen LogP contribution in [0.5, 0.6) is 0 Å². The van der Waals surface area contributed by atoms with Crippen LogP contribution in [0.1, 0.15) is 37.7 Å². The number of rotatable bonds is 4. The highest BCUT2D eigenvalue weighted by Gasteiger charge is 2.16. The fourth-order valence-corrected chi connectivity index (χ4v) is 2.77. The molecule has 0 amide bonds. The summed E-state index contributed by atoms with van der Waals surface area (Å²) in [5, 5.41) is 0.883. The van der Waals surface area contributed by atoms with E-state index in [0.29, 0.717) is 5.92 Å². The molecule has 0 saturated carbocycles. The summed E-state index contributed by atoms with van der Waals surface area (Å²) in [5.74, 6) is 0.491. The van der Waals surface area contributed by atoms with Gasteiger partial charge in [-0.2, -0.15) is 0 Å². The van der Waals surface area contributed by atoms with Crippen LogP contribution in [0.3, 0.4) is 0 Å². The highest BCUT2D eigenvalue weighted by atomic mass is 35.5. The van der Waals surface area contributed by atoms with E-state index >= 15 is 0 Å². The van der Waals surface area contributed by atoms with E-state index in [1.807, 2.05) is 0 Å². The zero-order valence-electron chi connectivity index (χ0n) is 10.5. The monoisotopic (exact) mass is 252 g/mol. The maximum atomic E-state index is 6.38. The third-order valence-electron chi connectivity index (χ3n) is 3.59. The summed E-state index contributed by atoms with van der Waals surface area (Å²) < 4.78 is 0. The first-order chi connectivity index (χ1) is 8.22. The van der Waals surface area contributed by atoms with E-state index in [1.54, 1.807) is 0 Å². The smallest absolute Gasteiger partial charge is 0.0642 e. The Hall–Kier alpha value is -0.730. The third kappa shape index (κ3) is 2.93. The van der Waals surface area contributed by atoms with Crippen molar-refractivity contribution < 1.29 is 0 Å². The first-order valence-corrected chi connectivity index (χ1v) is 6.84. The maximum absolute atomic E-state index is 6.38. The van der Waals surface area contributed by atoms with Gasteiger partial charge in [0.15, 0.2) is 0 Å². The lowest BCUT2D eigenvalue weighted by Gasteiger charge is -2.20. The molecule has 2 rings (SSSR count). The van der Waals surface area contributed by atoms with Gasteiger partial charge in [-0.15, -0.1) is 0 Å². The summed E-state index contributed by atoms with van der Waals surface area (Å²) in [6.45, 7) is 5.20. The molecule has 0 aromatic heterocycles. The van der Waals surface area contributed by atoms with Gasteiger partial charge < -0.3 is 10.6 Å². The van der Waals surface area contributed by atoms with Crippen molar-refractivity contribution in [3.63, 3.8) is 0 Å². The average Bonchev–Trinajstić information content (AvgIpc) is 2.82. The molecule has 1 aromatic rings. The minimum atomic E-state index is 0.491. The van der Waals surface area contributed by atoms with Crippen molar-refractivity contribution >= 4 is 17.3 Å². The molecule has 0 radical (unpaired) electrons. The van der Waals surface area contributed by atoms with Gasteiger partial charge in [-0.05, 0) is 49.4 Å². The van der Waals surface area contributed by atoms with Gasteiger partial charge >= 0.3 is 0 Å². The zero-order valence-corrected chi connectivity index (χ0v) is 11.2. The Labute approximate surface area is 109 Å². The summed E-state index contributed by atoms with van der Waals surface area (Å²) in [6, 6.07) is 6.46. The number of nitrogens with zero attached hydrogens (tertiary/aromatic N) is 1. The van der Waals surface area contributed by atoms with Crippen molar-refractivity contribution in [1.29, 1.82) is 0 Å². The number of benzene rings is 1. The lowest BCUT2D eigenvalue weighted by atomic mass is 9.97. The number of nitrogens with two attached hydrogens (primary N) is 1. The summed E-state index contributed by atoms with van der Waals surface area (Å²) >= 11 is 6.38. The molecular formula is C14H21ClN2. The second kappa shape index (κ2) is 5.74. The van der Waals surface area contributed by atoms with Crippen LogP contribution in [0, 0.1) is 0 Å². The quantitative estimate of drug-likeness (QED) is 0.890. The topological polar surface area (TPSA) is 29.3 Å². The van der Waals surface area contributed by atoms with Gasteiger partial charge in [-0.3, -0.25) is 0 Å². The average molecular weight is 253 g/mol. The molecule has 94 valence electrons. The van der Waals surface area contributed by atoms with Gasteiger partial charge in [0.25, 0.3) is 0 Å². The molecule has 1 aliphatic rings. The SMILES string of the molecule is CC(CCN)c1ccc(N2CCCC2)c(Cl)c1. The molecule has 1 atom stereocenters. The van der Waals surface area contributed by atoms with Gasteiger partial charge in [0.2, 0.25) is 0 Å². The molecule has 1 saturated heterocycles. The van der Waals surface area contributed by atoms with E-state index in [0.717, 1.165) is 31.1 Å². The molecule has 0 spiro atoms. The fourth-order valence-electron chi connectivity index (χ4n) is 2.46. The van der Waals surface area contributed by atoms with Crippen molar-refractivity contribution in [3.05, 3.63) is 28.8 Å². The Morgan fingerprint density at radius 3 is 2.65 bits per heavy atom. The van der Waals surface area contributed by atoms with Crippen molar-refractivity contribution in [3.8, 4) is 0 Å². The van der Waals surface area contributed by atoms with Crippen LogP contribution >= 0.6 is 11.6 Å². The van der Waals surface area contributed by atoms with Crippen molar-refractivity contribution in [1.82, 2.24) is 0 Å². The lowest BCUT2D eigenvalue weighted by Crippen LogP contribution is -2.18. The fraction of sp³-hybridized carbons (Fsp3) is 0.571. The molecule has 1 aliphatic heterocycles. The minimum Gasteiger partial charge on any atom is -0.370 e. The van der Waals surface area contributed by atoms with Crippen LogP contribution in [-0.4, -0.2) is 19.6 Å². The van der Waals surface area contributed by atoms with Gasteiger partial charge in [0.1, 0.15) is 0 Å². The molecule has 0 bridgehead atoms. The molecule has 1 aromatic carbocycles. The molecule has 2 N–H and O–H groups in total. The summed E-state index contributed by atoms with van der Waals surface area (Å²) in [5.41, 5.74) is 8.08. The van der Waals surface area contributed by atoms with E-state index in [9.17, 15) is 0 Å². The van der Waals surface area contributed by atoms with Crippen molar-refractivity contribution in [2.45, 2.75) is 32.1 Å². The van der Waals surface area contributed by atoms with Gasteiger partial charge in [0.05, 0.1) is 10.7 Å². The van der Waals surface area contributed by atoms with Gasteiger partial charge in [-0.1, -0.05) is 24.6 Å². The summed E-state index contributed by atoms with van der Waals surface area (Å²) in [7, 11) is 0. The van der Waals surface area contributed by atoms with Crippen LogP contribution in [0.25, 0.3) is 0 Å². The van der Waals surface area contributed by atoms with Gasteiger partial charge in [0, 0.05) is 13.1 Å². The van der Waals surface area contributed by atoms with Gasteiger partial charge in [-0.25, -0.2) is 0 Å². The molecule has 3 heteroatoms. The lowest BCUT2D eigenvalue weighted by molar-refractivity contribution is 0.690. The van der Waals surface area contributed by atoms with Crippen molar-refractivity contribution in [2.24, 2.45) is 5.73 Å². The predicted molar refractivity (Wildman–Crippen MR) is 75.0 cm³/mol. The first-order valence-electron chi connectivity index (χ1n) is 6.47. The standard InChI is InChI=1S/C14H21ClN2/c1-11(6-7-16)12-4-5-14(13(15)10-12)17-8-2-3-9-17/h4-5,10-11H,2-3,6-9,16H2,1H3. The highest BCUT2D eigenvalue weighted by Crippen LogP contribution is 2.32. The van der Waals surface area contributed by atoms with E-state index in [4.69, 9.17) is 17.3 Å². The summed E-state index contributed by atoms with van der Waals surface area (Å²) in [6.07, 6.45) is 3.57. The molecule has 1 fully saturated rings. The van der Waals surface area contributed by atoms with Crippen LogP contribution in [0.4, 0.5) is 5.69 Å². The van der Waals surface area contributed by atoms with Crippen molar-refractivity contribution in [2.75, 3.05) is 24.5 Å². The third-order valence-corrected chi connectivity index (χ3v) is 3.89. The molecule has 17 heavy (non-hydrogen) atoms. The Balaban J connectivity index is 2.16. The molecule has 0 aliphatic carbocycles. The van der Waals surface area contributed by atoms with E-state index < -0.39 is 0 Å². The highest BCUT2D eigenvalue weighted by molar-refractivity contribution is 6.33. The molecular weight excluding hydrogens is 232 g/mol. The molecule has 1 heterocycles. The maximum Gasteiger partial charge on any atom is 0.0642 e. The molecule has 2 nitrogen and oxygen atoms in total. The van der Waals surface area contributed by atoms with E-state index in [-0.39, 0.29) is 0 Å². The van der Waals surface area contributed by atoms with E-state index in [2.05, 4.69) is 30.0 Å². The second-order valence-electron chi connectivity index (χ2n) is 4.88. The Kier molecular flexibility index (Phi) is 4.30. The number of halogens is 1. The summed E-state index contributed by atoms with van der Waals surface area (Å²) in [4.78, 5) is 2.37.